The highest BCUT2D eigenvalue weighted by Gasteiger charge is 2.15. The van der Waals surface area contributed by atoms with Gasteiger partial charge in [-0.3, -0.25) is 0 Å². The summed E-state index contributed by atoms with van der Waals surface area (Å²) in [5.41, 5.74) is 5.36. The zero-order chi connectivity index (χ0) is 14.5. The SMILES string of the molecule is COc1cccc(Oc2cccc(F)c2C(N)=NO)c1. The fraction of sp³-hybridized carbons (Fsp3) is 0.0714. The van der Waals surface area contributed by atoms with Gasteiger partial charge in [0.25, 0.3) is 0 Å². The van der Waals surface area contributed by atoms with Crippen molar-refractivity contribution in [3.05, 3.63) is 53.8 Å². The lowest BCUT2D eigenvalue weighted by Crippen LogP contribution is -2.16. The molecule has 0 atom stereocenters. The third-order valence-corrected chi connectivity index (χ3v) is 2.61. The number of rotatable bonds is 4. The minimum absolute atomic E-state index is 0.0992. The van der Waals surface area contributed by atoms with Crippen molar-refractivity contribution in [2.24, 2.45) is 10.9 Å². The summed E-state index contributed by atoms with van der Waals surface area (Å²) in [7, 11) is 1.53. The summed E-state index contributed by atoms with van der Waals surface area (Å²) in [6, 6.07) is 11.0. The molecule has 0 saturated carbocycles. The van der Waals surface area contributed by atoms with Gasteiger partial charge in [0.1, 0.15) is 23.1 Å². The van der Waals surface area contributed by atoms with Crippen molar-refractivity contribution < 1.29 is 19.1 Å². The number of oxime groups is 1. The van der Waals surface area contributed by atoms with Gasteiger partial charge in [0.15, 0.2) is 5.84 Å². The minimum Gasteiger partial charge on any atom is -0.497 e. The first-order valence-electron chi connectivity index (χ1n) is 5.74. The fourth-order valence-electron chi connectivity index (χ4n) is 1.68. The molecule has 2 aromatic rings. The summed E-state index contributed by atoms with van der Waals surface area (Å²) in [6.45, 7) is 0. The third-order valence-electron chi connectivity index (χ3n) is 2.61. The highest BCUT2D eigenvalue weighted by molar-refractivity contribution is 5.99. The summed E-state index contributed by atoms with van der Waals surface area (Å²) in [6.07, 6.45) is 0. The standard InChI is InChI=1S/C14H13FN2O3/c1-19-9-4-2-5-10(8-9)20-12-7-3-6-11(15)13(12)14(16)17-18/h2-8,18H,1H3,(H2,16,17). The molecule has 0 fully saturated rings. The van der Waals surface area contributed by atoms with Crippen molar-refractivity contribution in [3.63, 3.8) is 0 Å². The van der Waals surface area contributed by atoms with Crippen molar-refractivity contribution in [2.75, 3.05) is 7.11 Å². The van der Waals surface area contributed by atoms with Gasteiger partial charge in [-0.25, -0.2) is 4.39 Å². The Morgan fingerprint density at radius 3 is 2.60 bits per heavy atom. The quantitative estimate of drug-likeness (QED) is 0.389. The Bertz CT molecular complexity index is 644. The van der Waals surface area contributed by atoms with Crippen LogP contribution in [0.5, 0.6) is 17.2 Å². The first-order valence-corrected chi connectivity index (χ1v) is 5.74. The van der Waals surface area contributed by atoms with Crippen LogP contribution in [0.1, 0.15) is 5.56 Å². The van der Waals surface area contributed by atoms with Crippen molar-refractivity contribution in [3.8, 4) is 17.2 Å². The average Bonchev–Trinajstić information content (AvgIpc) is 2.47. The molecule has 0 aliphatic carbocycles. The van der Waals surface area contributed by atoms with E-state index in [9.17, 15) is 4.39 Å². The first kappa shape index (κ1) is 13.7. The van der Waals surface area contributed by atoms with Crippen molar-refractivity contribution in [1.82, 2.24) is 0 Å². The van der Waals surface area contributed by atoms with Gasteiger partial charge in [-0.2, -0.15) is 0 Å². The molecular formula is C14H13FN2O3. The van der Waals surface area contributed by atoms with Crippen LogP contribution in [-0.2, 0) is 0 Å². The molecule has 0 spiro atoms. The second-order valence-electron chi connectivity index (χ2n) is 3.88. The van der Waals surface area contributed by atoms with Crippen molar-refractivity contribution >= 4 is 5.84 Å². The van der Waals surface area contributed by atoms with Crippen LogP contribution in [0.2, 0.25) is 0 Å². The number of amidine groups is 1. The van der Waals surface area contributed by atoms with Gasteiger partial charge in [-0.1, -0.05) is 17.3 Å². The molecule has 2 rings (SSSR count). The maximum Gasteiger partial charge on any atom is 0.176 e. The Morgan fingerprint density at radius 2 is 1.90 bits per heavy atom. The van der Waals surface area contributed by atoms with Gasteiger partial charge in [-0.15, -0.1) is 0 Å². The molecular weight excluding hydrogens is 263 g/mol. The number of nitrogens with zero attached hydrogens (tertiary/aromatic N) is 1. The largest absolute Gasteiger partial charge is 0.497 e. The molecule has 0 aliphatic heterocycles. The van der Waals surface area contributed by atoms with Gasteiger partial charge in [0.05, 0.1) is 12.7 Å². The predicted molar refractivity (Wildman–Crippen MR) is 72.0 cm³/mol. The summed E-state index contributed by atoms with van der Waals surface area (Å²) in [5, 5.41) is 11.5. The van der Waals surface area contributed by atoms with Gasteiger partial charge in [-0.05, 0) is 24.3 Å². The summed E-state index contributed by atoms with van der Waals surface area (Å²) >= 11 is 0. The molecule has 6 heteroatoms. The lowest BCUT2D eigenvalue weighted by molar-refractivity contribution is 0.318. The number of methoxy groups -OCH3 is 1. The van der Waals surface area contributed by atoms with E-state index in [4.69, 9.17) is 20.4 Å². The van der Waals surface area contributed by atoms with Gasteiger partial charge < -0.3 is 20.4 Å². The zero-order valence-electron chi connectivity index (χ0n) is 10.7. The molecule has 20 heavy (non-hydrogen) atoms. The number of benzene rings is 2. The lowest BCUT2D eigenvalue weighted by atomic mass is 10.1. The van der Waals surface area contributed by atoms with E-state index in [2.05, 4.69) is 5.16 Å². The van der Waals surface area contributed by atoms with Crippen molar-refractivity contribution in [2.45, 2.75) is 0 Å². The smallest absolute Gasteiger partial charge is 0.176 e. The molecule has 5 nitrogen and oxygen atoms in total. The van der Waals surface area contributed by atoms with E-state index in [0.29, 0.717) is 11.5 Å². The Morgan fingerprint density at radius 1 is 1.20 bits per heavy atom. The van der Waals surface area contributed by atoms with Crippen LogP contribution in [0.3, 0.4) is 0 Å². The average molecular weight is 276 g/mol. The summed E-state index contributed by atoms with van der Waals surface area (Å²) in [4.78, 5) is 0. The summed E-state index contributed by atoms with van der Waals surface area (Å²) in [5.74, 6) is 0.196. The molecule has 0 heterocycles. The molecule has 3 N–H and O–H groups in total. The van der Waals surface area contributed by atoms with E-state index < -0.39 is 5.82 Å². The van der Waals surface area contributed by atoms with Crippen LogP contribution >= 0.6 is 0 Å². The number of hydrogen-bond donors (Lipinski definition) is 2. The third kappa shape index (κ3) is 2.80. The maximum absolute atomic E-state index is 13.8. The molecule has 0 radical (unpaired) electrons. The van der Waals surface area contributed by atoms with Gasteiger partial charge in [0.2, 0.25) is 0 Å². The molecule has 2 aromatic carbocycles. The van der Waals surface area contributed by atoms with E-state index >= 15 is 0 Å². The van der Waals surface area contributed by atoms with Crippen LogP contribution in [0, 0.1) is 5.82 Å². The van der Waals surface area contributed by atoms with Crippen LogP contribution in [0.15, 0.2) is 47.6 Å². The normalized spacial score (nSPS) is 11.2. The fourth-order valence-corrected chi connectivity index (χ4v) is 1.68. The van der Waals surface area contributed by atoms with E-state index in [0.717, 1.165) is 0 Å². The maximum atomic E-state index is 13.8. The monoisotopic (exact) mass is 276 g/mol. The Labute approximate surface area is 115 Å². The second-order valence-corrected chi connectivity index (χ2v) is 3.88. The van der Waals surface area contributed by atoms with E-state index in [1.54, 1.807) is 24.3 Å². The molecule has 0 saturated heterocycles. The number of halogens is 1. The first-order chi connectivity index (χ1) is 9.65. The number of ether oxygens (including phenoxy) is 2. The Kier molecular flexibility index (Phi) is 4.05. The van der Waals surface area contributed by atoms with Crippen LogP contribution in [0.25, 0.3) is 0 Å². The predicted octanol–water partition coefficient (Wildman–Crippen LogP) is 2.72. The Hall–Kier alpha value is -2.76. The zero-order valence-corrected chi connectivity index (χ0v) is 10.7. The van der Waals surface area contributed by atoms with Crippen LogP contribution in [0.4, 0.5) is 4.39 Å². The van der Waals surface area contributed by atoms with Gasteiger partial charge in [0, 0.05) is 6.07 Å². The number of nitrogens with two attached hydrogens (primary N) is 1. The lowest BCUT2D eigenvalue weighted by Gasteiger charge is -2.11. The number of hydrogen-bond acceptors (Lipinski definition) is 4. The van der Waals surface area contributed by atoms with Crippen molar-refractivity contribution in [1.29, 1.82) is 0 Å². The van der Waals surface area contributed by atoms with E-state index in [1.807, 2.05) is 0 Å². The molecule has 0 bridgehead atoms. The topological polar surface area (TPSA) is 77.1 Å². The minimum atomic E-state index is -0.638. The molecule has 0 unspecified atom stereocenters. The van der Waals surface area contributed by atoms with Gasteiger partial charge >= 0.3 is 0 Å². The highest BCUT2D eigenvalue weighted by atomic mass is 19.1. The molecule has 0 aliphatic rings. The molecule has 104 valence electrons. The molecule has 0 amide bonds. The highest BCUT2D eigenvalue weighted by Crippen LogP contribution is 2.29. The van der Waals surface area contributed by atoms with E-state index in [-0.39, 0.29) is 17.1 Å². The second kappa shape index (κ2) is 5.92. The summed E-state index contributed by atoms with van der Waals surface area (Å²) < 4.78 is 24.4. The van der Waals surface area contributed by atoms with Crippen LogP contribution in [-0.4, -0.2) is 18.2 Å². The molecule has 0 aromatic heterocycles. The Balaban J connectivity index is 2.40. The van der Waals surface area contributed by atoms with Crippen LogP contribution < -0.4 is 15.2 Å². The van der Waals surface area contributed by atoms with E-state index in [1.165, 1.54) is 25.3 Å².